The minimum Gasteiger partial charge on any atom is -0.339 e. The highest BCUT2D eigenvalue weighted by Crippen LogP contribution is 2.12. The van der Waals surface area contributed by atoms with Gasteiger partial charge >= 0.3 is 0 Å². The number of carbonyl (C=O) groups is 1. The normalized spacial score (nSPS) is 17.4. The summed E-state index contributed by atoms with van der Waals surface area (Å²) in [5, 5.41) is 3.01. The maximum Gasteiger partial charge on any atom is 0.246 e. The predicted octanol–water partition coefficient (Wildman–Crippen LogP) is 2.87. The number of likely N-dealkylation sites (tertiary alicyclic amines) is 1. The summed E-state index contributed by atoms with van der Waals surface area (Å²) in [5.74, 6) is 0.123. The molecule has 1 saturated heterocycles. The molecule has 1 aliphatic rings. The first-order valence-corrected chi connectivity index (χ1v) is 7.03. The fourth-order valence-electron chi connectivity index (χ4n) is 2.01. The molecule has 1 fully saturated rings. The van der Waals surface area contributed by atoms with Crippen molar-refractivity contribution < 1.29 is 4.79 Å². The zero-order valence-corrected chi connectivity index (χ0v) is 11.0. The van der Waals surface area contributed by atoms with Crippen molar-refractivity contribution in [1.82, 2.24) is 9.88 Å². The van der Waals surface area contributed by atoms with Gasteiger partial charge in [-0.2, -0.15) is 0 Å². The van der Waals surface area contributed by atoms with Gasteiger partial charge in [-0.05, 0) is 25.8 Å². The van der Waals surface area contributed by atoms with Gasteiger partial charge < -0.3 is 4.90 Å². The highest BCUT2D eigenvalue weighted by molar-refractivity contribution is 7.09. The van der Waals surface area contributed by atoms with Crippen molar-refractivity contribution in [3.63, 3.8) is 0 Å². The van der Waals surface area contributed by atoms with E-state index in [1.807, 2.05) is 23.3 Å². The van der Waals surface area contributed by atoms with E-state index in [-0.39, 0.29) is 5.91 Å². The van der Waals surface area contributed by atoms with Gasteiger partial charge in [0.1, 0.15) is 0 Å². The smallest absolute Gasteiger partial charge is 0.246 e. The Kier molecular flexibility index (Phi) is 4.31. The molecule has 0 aromatic carbocycles. The number of rotatable bonds is 2. The SMILES string of the molecule is Cc1nc(C=CC(=O)N2CCCCCC2)cs1. The van der Waals surface area contributed by atoms with Crippen LogP contribution in [-0.4, -0.2) is 28.9 Å². The van der Waals surface area contributed by atoms with Crippen LogP contribution in [-0.2, 0) is 4.79 Å². The lowest BCUT2D eigenvalue weighted by Crippen LogP contribution is -2.30. The summed E-state index contributed by atoms with van der Waals surface area (Å²) in [4.78, 5) is 18.2. The van der Waals surface area contributed by atoms with Crippen LogP contribution >= 0.6 is 11.3 Å². The van der Waals surface area contributed by atoms with Crippen LogP contribution in [0.25, 0.3) is 6.08 Å². The summed E-state index contributed by atoms with van der Waals surface area (Å²) >= 11 is 1.61. The Morgan fingerprint density at radius 2 is 2.06 bits per heavy atom. The molecule has 92 valence electrons. The molecular weight excluding hydrogens is 232 g/mol. The third kappa shape index (κ3) is 3.66. The van der Waals surface area contributed by atoms with Crippen LogP contribution in [0.3, 0.4) is 0 Å². The fraction of sp³-hybridized carbons (Fsp3) is 0.538. The highest BCUT2D eigenvalue weighted by atomic mass is 32.1. The minimum absolute atomic E-state index is 0.123. The molecule has 0 radical (unpaired) electrons. The van der Waals surface area contributed by atoms with Crippen molar-refractivity contribution >= 4 is 23.3 Å². The Morgan fingerprint density at radius 3 is 2.65 bits per heavy atom. The van der Waals surface area contributed by atoms with Gasteiger partial charge in [0.15, 0.2) is 0 Å². The largest absolute Gasteiger partial charge is 0.339 e. The van der Waals surface area contributed by atoms with E-state index >= 15 is 0 Å². The third-order valence-electron chi connectivity index (χ3n) is 2.95. The standard InChI is InChI=1S/C13H18N2OS/c1-11-14-12(10-17-11)6-7-13(16)15-8-4-2-3-5-9-15/h6-7,10H,2-5,8-9H2,1H3. The van der Waals surface area contributed by atoms with Crippen LogP contribution in [0, 0.1) is 6.92 Å². The van der Waals surface area contributed by atoms with E-state index in [0.29, 0.717) is 0 Å². The van der Waals surface area contributed by atoms with Crippen LogP contribution in [0.15, 0.2) is 11.5 Å². The lowest BCUT2D eigenvalue weighted by molar-refractivity contribution is -0.125. The maximum atomic E-state index is 11.9. The van der Waals surface area contributed by atoms with Crippen molar-refractivity contribution in [2.75, 3.05) is 13.1 Å². The van der Waals surface area contributed by atoms with E-state index in [1.165, 1.54) is 12.8 Å². The molecule has 4 heteroatoms. The molecule has 0 atom stereocenters. The first-order chi connectivity index (χ1) is 8.25. The Labute approximate surface area is 106 Å². The number of nitrogens with zero attached hydrogens (tertiary/aromatic N) is 2. The molecule has 0 bridgehead atoms. The van der Waals surface area contributed by atoms with Crippen LogP contribution in [0.4, 0.5) is 0 Å². The van der Waals surface area contributed by atoms with Crippen LogP contribution in [0.1, 0.15) is 36.4 Å². The zero-order valence-electron chi connectivity index (χ0n) is 10.2. The van der Waals surface area contributed by atoms with Crippen molar-refractivity contribution in [2.24, 2.45) is 0 Å². The second-order valence-corrected chi connectivity index (χ2v) is 5.43. The van der Waals surface area contributed by atoms with Gasteiger partial charge in [-0.1, -0.05) is 12.8 Å². The molecule has 0 N–H and O–H groups in total. The summed E-state index contributed by atoms with van der Waals surface area (Å²) < 4.78 is 0. The van der Waals surface area contributed by atoms with Gasteiger partial charge in [0.2, 0.25) is 5.91 Å². The molecule has 3 nitrogen and oxygen atoms in total. The van der Waals surface area contributed by atoms with Gasteiger partial charge in [-0.3, -0.25) is 4.79 Å². The summed E-state index contributed by atoms with van der Waals surface area (Å²) in [6, 6.07) is 0. The van der Waals surface area contributed by atoms with E-state index in [1.54, 1.807) is 17.4 Å². The number of aromatic nitrogens is 1. The number of amides is 1. The second-order valence-electron chi connectivity index (χ2n) is 4.36. The lowest BCUT2D eigenvalue weighted by atomic mass is 10.2. The van der Waals surface area contributed by atoms with Gasteiger partial charge in [0.25, 0.3) is 0 Å². The summed E-state index contributed by atoms with van der Waals surface area (Å²) in [6.45, 7) is 3.77. The molecular formula is C13H18N2OS. The zero-order chi connectivity index (χ0) is 12.1. The number of carbonyl (C=O) groups excluding carboxylic acids is 1. The van der Waals surface area contributed by atoms with Gasteiger partial charge in [0, 0.05) is 24.5 Å². The molecule has 0 unspecified atom stereocenters. The first-order valence-electron chi connectivity index (χ1n) is 6.15. The fourth-order valence-corrected chi connectivity index (χ4v) is 2.59. The molecule has 2 rings (SSSR count). The molecule has 1 aromatic heterocycles. The molecule has 1 amide bonds. The maximum absolute atomic E-state index is 11.9. The van der Waals surface area contributed by atoms with E-state index in [0.717, 1.165) is 36.6 Å². The summed E-state index contributed by atoms with van der Waals surface area (Å²) in [6.07, 6.45) is 8.23. The number of hydrogen-bond donors (Lipinski definition) is 0. The average Bonchev–Trinajstić information content (AvgIpc) is 2.58. The third-order valence-corrected chi connectivity index (χ3v) is 3.74. The molecule has 17 heavy (non-hydrogen) atoms. The molecule has 0 spiro atoms. The molecule has 1 aromatic rings. The molecule has 1 aliphatic heterocycles. The Bertz CT molecular complexity index is 403. The van der Waals surface area contributed by atoms with Crippen molar-refractivity contribution in [1.29, 1.82) is 0 Å². The summed E-state index contributed by atoms with van der Waals surface area (Å²) in [7, 11) is 0. The number of thiazole rings is 1. The Balaban J connectivity index is 1.93. The van der Waals surface area contributed by atoms with Crippen molar-refractivity contribution in [3.05, 3.63) is 22.2 Å². The van der Waals surface area contributed by atoms with Crippen LogP contribution in [0.2, 0.25) is 0 Å². The summed E-state index contributed by atoms with van der Waals surface area (Å²) in [5.41, 5.74) is 0.885. The van der Waals surface area contributed by atoms with Gasteiger partial charge in [-0.25, -0.2) is 4.98 Å². The average molecular weight is 250 g/mol. The van der Waals surface area contributed by atoms with E-state index < -0.39 is 0 Å². The first kappa shape index (κ1) is 12.3. The topological polar surface area (TPSA) is 33.2 Å². The van der Waals surface area contributed by atoms with Crippen LogP contribution in [0.5, 0.6) is 0 Å². The Morgan fingerprint density at radius 1 is 1.35 bits per heavy atom. The quantitative estimate of drug-likeness (QED) is 0.756. The van der Waals surface area contributed by atoms with Gasteiger partial charge in [-0.15, -0.1) is 11.3 Å². The predicted molar refractivity (Wildman–Crippen MR) is 70.9 cm³/mol. The van der Waals surface area contributed by atoms with Gasteiger partial charge in [0.05, 0.1) is 10.7 Å². The lowest BCUT2D eigenvalue weighted by Gasteiger charge is -2.17. The monoisotopic (exact) mass is 250 g/mol. The minimum atomic E-state index is 0.123. The van der Waals surface area contributed by atoms with E-state index in [2.05, 4.69) is 4.98 Å². The second kappa shape index (κ2) is 5.96. The van der Waals surface area contributed by atoms with Crippen molar-refractivity contribution in [3.8, 4) is 0 Å². The molecule has 0 aliphatic carbocycles. The number of hydrogen-bond acceptors (Lipinski definition) is 3. The van der Waals surface area contributed by atoms with Crippen molar-refractivity contribution in [2.45, 2.75) is 32.6 Å². The number of aryl methyl sites for hydroxylation is 1. The van der Waals surface area contributed by atoms with E-state index in [4.69, 9.17) is 0 Å². The van der Waals surface area contributed by atoms with Crippen LogP contribution < -0.4 is 0 Å². The highest BCUT2D eigenvalue weighted by Gasteiger charge is 2.12. The molecule has 2 heterocycles. The molecule has 0 saturated carbocycles. The van der Waals surface area contributed by atoms with E-state index in [9.17, 15) is 4.79 Å². The Hall–Kier alpha value is -1.16.